The van der Waals surface area contributed by atoms with Crippen molar-refractivity contribution in [3.8, 4) is 0 Å². The lowest BCUT2D eigenvalue weighted by Gasteiger charge is -2.10. The summed E-state index contributed by atoms with van der Waals surface area (Å²) < 4.78 is 2.11. The van der Waals surface area contributed by atoms with Crippen LogP contribution >= 0.6 is 0 Å². The Bertz CT molecular complexity index is 637. The molecule has 0 aliphatic rings. The summed E-state index contributed by atoms with van der Waals surface area (Å²) in [6, 6.07) is 10.6. The number of rotatable bonds is 5. The maximum absolute atomic E-state index is 11.9. The van der Waals surface area contributed by atoms with Crippen LogP contribution < -0.4 is 11.1 Å². The number of aryl methyl sites for hydroxylation is 2. The summed E-state index contributed by atoms with van der Waals surface area (Å²) in [4.78, 5) is 22.9. The van der Waals surface area contributed by atoms with Gasteiger partial charge in [0.25, 0.3) is 0 Å². The molecule has 3 N–H and O–H groups in total. The fraction of sp³-hybridized carbons (Fsp3) is 0.250. The molecular weight excluding hydrogens is 266 g/mol. The Hall–Kier alpha value is -2.56. The predicted octanol–water partition coefficient (Wildman–Crippen LogP) is 2.23. The Balaban J connectivity index is 1.91. The Kier molecular flexibility index (Phi) is 4.42. The number of primary amides is 1. The van der Waals surface area contributed by atoms with Crippen molar-refractivity contribution in [2.45, 2.75) is 26.8 Å². The van der Waals surface area contributed by atoms with Gasteiger partial charge < -0.3 is 15.6 Å². The summed E-state index contributed by atoms with van der Waals surface area (Å²) >= 11 is 0. The van der Waals surface area contributed by atoms with E-state index in [1.54, 1.807) is 24.3 Å². The third kappa shape index (κ3) is 3.72. The zero-order valence-electron chi connectivity index (χ0n) is 12.2. The van der Waals surface area contributed by atoms with Crippen molar-refractivity contribution in [1.29, 1.82) is 0 Å². The highest BCUT2D eigenvalue weighted by Gasteiger charge is 2.06. The van der Waals surface area contributed by atoms with Crippen molar-refractivity contribution < 1.29 is 9.59 Å². The lowest BCUT2D eigenvalue weighted by Crippen LogP contribution is -2.16. The lowest BCUT2D eigenvalue weighted by atomic mass is 10.2. The van der Waals surface area contributed by atoms with E-state index in [4.69, 9.17) is 5.73 Å². The Morgan fingerprint density at radius 3 is 2.14 bits per heavy atom. The molecule has 0 saturated heterocycles. The second-order valence-corrected chi connectivity index (χ2v) is 5.01. The lowest BCUT2D eigenvalue weighted by molar-refractivity contribution is -0.116. The Morgan fingerprint density at radius 2 is 1.62 bits per heavy atom. The van der Waals surface area contributed by atoms with Crippen molar-refractivity contribution in [3.63, 3.8) is 0 Å². The van der Waals surface area contributed by atoms with Crippen LogP contribution in [0.2, 0.25) is 0 Å². The van der Waals surface area contributed by atoms with Crippen LogP contribution in [0, 0.1) is 13.8 Å². The first-order valence-electron chi connectivity index (χ1n) is 6.80. The maximum Gasteiger partial charge on any atom is 0.248 e. The first-order valence-corrected chi connectivity index (χ1v) is 6.80. The molecule has 5 nitrogen and oxygen atoms in total. The van der Waals surface area contributed by atoms with Gasteiger partial charge in [-0.15, -0.1) is 0 Å². The van der Waals surface area contributed by atoms with Gasteiger partial charge in [-0.3, -0.25) is 9.59 Å². The molecule has 1 aromatic carbocycles. The average molecular weight is 285 g/mol. The number of anilines is 1. The van der Waals surface area contributed by atoms with E-state index in [1.807, 2.05) is 26.0 Å². The van der Waals surface area contributed by atoms with Crippen molar-refractivity contribution >= 4 is 17.5 Å². The Morgan fingerprint density at radius 1 is 1.05 bits per heavy atom. The van der Waals surface area contributed by atoms with Gasteiger partial charge in [0.15, 0.2) is 0 Å². The molecule has 2 aromatic rings. The molecule has 0 bridgehead atoms. The van der Waals surface area contributed by atoms with E-state index in [2.05, 4.69) is 9.88 Å². The van der Waals surface area contributed by atoms with Crippen LogP contribution in [0.15, 0.2) is 36.4 Å². The molecule has 0 unspecified atom stereocenters. The first-order chi connectivity index (χ1) is 9.97. The summed E-state index contributed by atoms with van der Waals surface area (Å²) in [5.41, 5.74) is 8.54. The molecule has 1 heterocycles. The first kappa shape index (κ1) is 14.8. The van der Waals surface area contributed by atoms with Gasteiger partial charge in [0.1, 0.15) is 0 Å². The van der Waals surface area contributed by atoms with E-state index in [-0.39, 0.29) is 5.91 Å². The quantitative estimate of drug-likeness (QED) is 0.883. The van der Waals surface area contributed by atoms with E-state index in [0.29, 0.717) is 24.2 Å². The third-order valence-electron chi connectivity index (χ3n) is 3.43. The standard InChI is InChI=1S/C16H19N3O2/c1-11-3-4-12(2)19(11)10-9-15(20)18-14-7-5-13(6-8-14)16(17)21/h3-8H,9-10H2,1-2H3,(H2,17,21)(H,18,20). The number of nitrogens with two attached hydrogens (primary N) is 1. The van der Waals surface area contributed by atoms with Gasteiger partial charge >= 0.3 is 0 Å². The summed E-state index contributed by atoms with van der Waals surface area (Å²) in [7, 11) is 0. The number of carbonyl (C=O) groups is 2. The molecular formula is C16H19N3O2. The number of benzene rings is 1. The molecule has 2 rings (SSSR count). The number of amides is 2. The minimum atomic E-state index is -0.480. The largest absolute Gasteiger partial charge is 0.366 e. The number of carbonyl (C=O) groups excluding carboxylic acids is 2. The van der Waals surface area contributed by atoms with Gasteiger partial charge in [-0.1, -0.05) is 0 Å². The van der Waals surface area contributed by atoms with Gasteiger partial charge in [-0.25, -0.2) is 0 Å². The van der Waals surface area contributed by atoms with Crippen molar-refractivity contribution in [3.05, 3.63) is 53.3 Å². The summed E-state index contributed by atoms with van der Waals surface area (Å²) in [5.74, 6) is -0.541. The Labute approximate surface area is 123 Å². The van der Waals surface area contributed by atoms with Crippen molar-refractivity contribution in [2.24, 2.45) is 5.73 Å². The fourth-order valence-corrected chi connectivity index (χ4v) is 2.21. The highest BCUT2D eigenvalue weighted by molar-refractivity contribution is 5.94. The molecule has 0 aliphatic heterocycles. The molecule has 0 aliphatic carbocycles. The SMILES string of the molecule is Cc1ccc(C)n1CCC(=O)Nc1ccc(C(N)=O)cc1. The molecule has 21 heavy (non-hydrogen) atoms. The van der Waals surface area contributed by atoms with Gasteiger partial charge in [0.2, 0.25) is 11.8 Å². The number of nitrogens with one attached hydrogen (secondary N) is 1. The smallest absolute Gasteiger partial charge is 0.248 e. The summed E-state index contributed by atoms with van der Waals surface area (Å²) in [6.45, 7) is 4.69. The second-order valence-electron chi connectivity index (χ2n) is 5.01. The predicted molar refractivity (Wildman–Crippen MR) is 82.1 cm³/mol. The topological polar surface area (TPSA) is 77.1 Å². The van der Waals surface area contributed by atoms with E-state index < -0.39 is 5.91 Å². The van der Waals surface area contributed by atoms with Crippen LogP contribution in [0.25, 0.3) is 0 Å². The van der Waals surface area contributed by atoms with E-state index in [9.17, 15) is 9.59 Å². The molecule has 0 atom stereocenters. The highest BCUT2D eigenvalue weighted by atomic mass is 16.2. The van der Waals surface area contributed by atoms with E-state index >= 15 is 0 Å². The molecule has 0 spiro atoms. The van der Waals surface area contributed by atoms with Crippen LogP contribution in [-0.4, -0.2) is 16.4 Å². The monoisotopic (exact) mass is 285 g/mol. The van der Waals surface area contributed by atoms with Crippen LogP contribution in [0.3, 0.4) is 0 Å². The zero-order chi connectivity index (χ0) is 15.4. The fourth-order valence-electron chi connectivity index (χ4n) is 2.21. The normalized spacial score (nSPS) is 10.4. The molecule has 0 radical (unpaired) electrons. The molecule has 0 fully saturated rings. The van der Waals surface area contributed by atoms with Crippen LogP contribution in [0.1, 0.15) is 28.2 Å². The van der Waals surface area contributed by atoms with Gasteiger partial charge in [0.05, 0.1) is 0 Å². The summed E-state index contributed by atoms with van der Waals surface area (Å²) in [5, 5.41) is 2.81. The minimum absolute atomic E-state index is 0.0608. The zero-order valence-corrected chi connectivity index (χ0v) is 12.2. The maximum atomic E-state index is 11.9. The number of nitrogens with zero attached hydrogens (tertiary/aromatic N) is 1. The van der Waals surface area contributed by atoms with E-state index in [1.165, 1.54) is 0 Å². The van der Waals surface area contributed by atoms with Gasteiger partial charge in [0, 0.05) is 35.6 Å². The number of aromatic nitrogens is 1. The average Bonchev–Trinajstić information content (AvgIpc) is 2.76. The highest BCUT2D eigenvalue weighted by Crippen LogP contribution is 2.11. The van der Waals surface area contributed by atoms with E-state index in [0.717, 1.165) is 11.4 Å². The van der Waals surface area contributed by atoms with Gasteiger partial charge in [-0.2, -0.15) is 0 Å². The molecule has 5 heteroatoms. The van der Waals surface area contributed by atoms with Crippen molar-refractivity contribution in [2.75, 3.05) is 5.32 Å². The van der Waals surface area contributed by atoms with Gasteiger partial charge in [-0.05, 0) is 50.2 Å². The second kappa shape index (κ2) is 6.26. The molecule has 2 amide bonds. The molecule has 1 aromatic heterocycles. The summed E-state index contributed by atoms with van der Waals surface area (Å²) in [6.07, 6.45) is 0.397. The third-order valence-corrected chi connectivity index (χ3v) is 3.43. The van der Waals surface area contributed by atoms with Crippen LogP contribution in [0.4, 0.5) is 5.69 Å². The molecule has 110 valence electrons. The van der Waals surface area contributed by atoms with Crippen LogP contribution in [0.5, 0.6) is 0 Å². The van der Waals surface area contributed by atoms with Crippen LogP contribution in [-0.2, 0) is 11.3 Å². The number of hydrogen-bond donors (Lipinski definition) is 2. The minimum Gasteiger partial charge on any atom is -0.366 e. The molecule has 0 saturated carbocycles. The van der Waals surface area contributed by atoms with Crippen molar-refractivity contribution in [1.82, 2.24) is 4.57 Å². The number of hydrogen-bond acceptors (Lipinski definition) is 2.